The normalized spacial score (nSPS) is 12.4. The molecule has 0 aromatic heterocycles. The molecule has 0 amide bonds. The first kappa shape index (κ1) is 24.1. The van der Waals surface area contributed by atoms with Gasteiger partial charge in [0.05, 0.1) is 38.1 Å². The van der Waals surface area contributed by atoms with Gasteiger partial charge in [-0.1, -0.05) is 25.4 Å². The molecule has 0 radical (unpaired) electrons. The highest BCUT2D eigenvalue weighted by Crippen LogP contribution is 2.28. The molecule has 1 aromatic carbocycles. The molecule has 1 unspecified atom stereocenters. The smallest absolute Gasteiger partial charge is 0.341 e. The third-order valence-electron chi connectivity index (χ3n) is 4.26. The Morgan fingerprint density at radius 1 is 1.28 bits per heavy atom. The van der Waals surface area contributed by atoms with E-state index >= 15 is 0 Å². The second-order valence-corrected chi connectivity index (χ2v) is 7.38. The molecule has 0 saturated heterocycles. The van der Waals surface area contributed by atoms with Gasteiger partial charge in [0.2, 0.25) is 0 Å². The Balaban J connectivity index is 0.00000576. The monoisotopic (exact) mass is 483 g/mol. The molecule has 1 atom stereocenters. The average Bonchev–Trinajstić information content (AvgIpc) is 2.50. The number of benzene rings is 1. The van der Waals surface area contributed by atoms with Crippen LogP contribution in [0, 0.1) is 11.8 Å². The van der Waals surface area contributed by atoms with Gasteiger partial charge in [-0.2, -0.15) is 0 Å². The van der Waals surface area contributed by atoms with Gasteiger partial charge in [0.1, 0.15) is 5.75 Å². The number of carbonyl (C=O) groups is 2. The van der Waals surface area contributed by atoms with Crippen LogP contribution in [-0.2, 0) is 4.79 Å². The Morgan fingerprint density at radius 3 is 2.32 bits per heavy atom. The lowest BCUT2D eigenvalue weighted by Gasteiger charge is -2.33. The van der Waals surface area contributed by atoms with Crippen LogP contribution in [0.15, 0.2) is 18.2 Å². The van der Waals surface area contributed by atoms with Crippen molar-refractivity contribution < 1.29 is 47.9 Å². The van der Waals surface area contributed by atoms with Crippen molar-refractivity contribution in [1.82, 2.24) is 0 Å². The van der Waals surface area contributed by atoms with Gasteiger partial charge in [0.25, 0.3) is 0 Å². The molecule has 0 aliphatic carbocycles. The number of ketones is 1. The molecular weight excluding hydrogens is 457 g/mol. The van der Waals surface area contributed by atoms with E-state index in [1.165, 1.54) is 6.07 Å². The summed E-state index contributed by atoms with van der Waals surface area (Å²) in [5.41, 5.74) is 0.453. The number of carbonyl (C=O) groups excluding carboxylic acids is 1. The number of aliphatic carboxylic acids is 1. The standard InChI is InChI=1S/C18H26ClNO4.HI/c1-6-20(4,5)10-15(12(2)3)18(23)14-8-7-13(9-16(14)19)24-11-17(21)22;/h7-9,12,15H,6,10-11H2,1-5H3;1H. The van der Waals surface area contributed by atoms with Gasteiger partial charge in [-0.3, -0.25) is 4.79 Å². The van der Waals surface area contributed by atoms with Gasteiger partial charge >= 0.3 is 5.97 Å². The van der Waals surface area contributed by atoms with Crippen molar-refractivity contribution in [3.8, 4) is 5.75 Å². The van der Waals surface area contributed by atoms with E-state index in [-0.39, 0.29) is 46.6 Å². The number of ether oxygens (including phenoxy) is 1. The van der Waals surface area contributed by atoms with Crippen LogP contribution in [0.5, 0.6) is 5.75 Å². The zero-order valence-corrected chi connectivity index (χ0v) is 18.3. The molecule has 5 nitrogen and oxygen atoms in total. The second-order valence-electron chi connectivity index (χ2n) is 6.97. The summed E-state index contributed by atoms with van der Waals surface area (Å²) in [5, 5.41) is 8.93. The highest BCUT2D eigenvalue weighted by atomic mass is 127. The first-order chi connectivity index (χ1) is 11.1. The van der Waals surface area contributed by atoms with Crippen LogP contribution in [0.3, 0.4) is 0 Å². The Hall–Kier alpha value is -0.860. The number of quaternary nitrogens is 1. The Kier molecular flexibility index (Phi) is 9.97. The van der Waals surface area contributed by atoms with Crippen molar-refractivity contribution in [2.45, 2.75) is 20.8 Å². The lowest BCUT2D eigenvalue weighted by Crippen LogP contribution is -3.00. The summed E-state index contributed by atoms with van der Waals surface area (Å²) < 4.78 is 5.85. The van der Waals surface area contributed by atoms with E-state index in [1.807, 2.05) is 13.8 Å². The van der Waals surface area contributed by atoms with Crippen molar-refractivity contribution in [2.24, 2.45) is 11.8 Å². The Morgan fingerprint density at radius 2 is 1.88 bits per heavy atom. The van der Waals surface area contributed by atoms with E-state index in [1.54, 1.807) is 12.1 Å². The molecule has 0 fully saturated rings. The van der Waals surface area contributed by atoms with Crippen LogP contribution in [-0.4, -0.2) is 55.1 Å². The molecular formula is C18H27ClINO4. The van der Waals surface area contributed by atoms with Crippen LogP contribution in [0.1, 0.15) is 31.1 Å². The maximum Gasteiger partial charge on any atom is 0.341 e. The number of carboxylic acids is 1. The molecule has 0 bridgehead atoms. The summed E-state index contributed by atoms with van der Waals surface area (Å²) in [4.78, 5) is 23.5. The quantitative estimate of drug-likeness (QED) is 0.313. The largest absolute Gasteiger partial charge is 1.00 e. The number of rotatable bonds is 9. The van der Waals surface area contributed by atoms with Crippen LogP contribution in [0.2, 0.25) is 5.02 Å². The minimum absolute atomic E-state index is 0. The Labute approximate surface area is 171 Å². The summed E-state index contributed by atoms with van der Waals surface area (Å²) >= 11 is 6.24. The molecule has 25 heavy (non-hydrogen) atoms. The van der Waals surface area contributed by atoms with E-state index in [4.69, 9.17) is 21.4 Å². The fourth-order valence-corrected chi connectivity index (χ4v) is 2.65. The van der Waals surface area contributed by atoms with Crippen molar-refractivity contribution in [1.29, 1.82) is 0 Å². The molecule has 0 aliphatic heterocycles. The predicted octanol–water partition coefficient (Wildman–Crippen LogP) is 0.359. The molecule has 0 heterocycles. The van der Waals surface area contributed by atoms with Crippen LogP contribution >= 0.6 is 11.6 Å². The molecule has 7 heteroatoms. The zero-order valence-electron chi connectivity index (χ0n) is 15.4. The first-order valence-corrected chi connectivity index (χ1v) is 8.45. The van der Waals surface area contributed by atoms with Crippen LogP contribution < -0.4 is 28.7 Å². The van der Waals surface area contributed by atoms with Gasteiger partial charge in [-0.05, 0) is 31.0 Å². The van der Waals surface area contributed by atoms with Crippen molar-refractivity contribution in [3.05, 3.63) is 28.8 Å². The molecule has 1 N–H and O–H groups in total. The summed E-state index contributed by atoms with van der Waals surface area (Å²) in [7, 11) is 4.21. The number of hydrogen-bond acceptors (Lipinski definition) is 3. The number of carboxylic acid groups (broad SMARTS) is 1. The van der Waals surface area contributed by atoms with Gasteiger partial charge in [-0.25, -0.2) is 4.79 Å². The highest BCUT2D eigenvalue weighted by molar-refractivity contribution is 6.34. The van der Waals surface area contributed by atoms with Crippen LogP contribution in [0.25, 0.3) is 0 Å². The Bertz CT molecular complexity index is 605. The molecule has 142 valence electrons. The minimum atomic E-state index is -1.06. The van der Waals surface area contributed by atoms with E-state index in [2.05, 4.69) is 21.0 Å². The lowest BCUT2D eigenvalue weighted by molar-refractivity contribution is -0.891. The topological polar surface area (TPSA) is 63.6 Å². The van der Waals surface area contributed by atoms with Crippen molar-refractivity contribution in [2.75, 3.05) is 33.8 Å². The SMILES string of the molecule is CC[N+](C)(C)CC(C(=O)c1ccc(OCC(=O)O)cc1Cl)C(C)C.[I-]. The first-order valence-electron chi connectivity index (χ1n) is 8.07. The third-order valence-corrected chi connectivity index (χ3v) is 4.57. The van der Waals surface area contributed by atoms with Gasteiger partial charge < -0.3 is 38.3 Å². The van der Waals surface area contributed by atoms with E-state index in [0.29, 0.717) is 11.3 Å². The molecule has 0 aliphatic rings. The summed E-state index contributed by atoms with van der Waals surface area (Å²) in [6, 6.07) is 4.69. The second kappa shape index (κ2) is 10.3. The number of hydrogen-bond donors (Lipinski definition) is 1. The fraction of sp³-hybridized carbons (Fsp3) is 0.556. The molecule has 0 saturated carbocycles. The number of halogens is 2. The minimum Gasteiger partial charge on any atom is -1.00 e. The lowest BCUT2D eigenvalue weighted by atomic mass is 9.87. The highest BCUT2D eigenvalue weighted by Gasteiger charge is 2.31. The van der Waals surface area contributed by atoms with E-state index in [9.17, 15) is 9.59 Å². The van der Waals surface area contributed by atoms with E-state index in [0.717, 1.165) is 17.6 Å². The van der Waals surface area contributed by atoms with E-state index < -0.39 is 12.6 Å². The van der Waals surface area contributed by atoms with Crippen molar-refractivity contribution >= 4 is 23.4 Å². The average molecular weight is 484 g/mol. The van der Waals surface area contributed by atoms with Crippen LogP contribution in [0.4, 0.5) is 0 Å². The summed E-state index contributed by atoms with van der Waals surface area (Å²) in [5.74, 6) is -0.654. The zero-order chi connectivity index (χ0) is 18.5. The van der Waals surface area contributed by atoms with Gasteiger partial charge in [0.15, 0.2) is 12.4 Å². The third kappa shape index (κ3) is 7.50. The number of Topliss-reactive ketones (excluding diaryl/α,β-unsaturated/α-hetero) is 1. The number of nitrogens with zero attached hydrogens (tertiary/aromatic N) is 1. The maximum atomic E-state index is 12.9. The molecule has 0 spiro atoms. The van der Waals surface area contributed by atoms with Gasteiger partial charge in [-0.15, -0.1) is 0 Å². The maximum absolute atomic E-state index is 12.9. The molecule has 1 aromatic rings. The predicted molar refractivity (Wildman–Crippen MR) is 94.8 cm³/mol. The van der Waals surface area contributed by atoms with Gasteiger partial charge in [0, 0.05) is 5.56 Å². The fourth-order valence-electron chi connectivity index (χ4n) is 2.39. The molecule has 1 rings (SSSR count). The van der Waals surface area contributed by atoms with Crippen molar-refractivity contribution in [3.63, 3.8) is 0 Å². The summed E-state index contributed by atoms with van der Waals surface area (Å²) in [6.07, 6.45) is 0. The summed E-state index contributed by atoms with van der Waals surface area (Å²) in [6.45, 7) is 7.41.